The number of piperidine rings is 1. The fourth-order valence-corrected chi connectivity index (χ4v) is 4.74. The van der Waals surface area contributed by atoms with Gasteiger partial charge in [0.1, 0.15) is 5.82 Å². The maximum atomic E-state index is 13.0. The number of anilines is 1. The van der Waals surface area contributed by atoms with Gasteiger partial charge in [0.25, 0.3) is 5.91 Å². The third kappa shape index (κ3) is 3.39. The number of imide groups is 1. The Morgan fingerprint density at radius 1 is 1.00 bits per heavy atom. The summed E-state index contributed by atoms with van der Waals surface area (Å²) in [4.78, 5) is 37.2. The van der Waals surface area contributed by atoms with Crippen molar-refractivity contribution in [2.75, 3.05) is 18.0 Å². The summed E-state index contributed by atoms with van der Waals surface area (Å²) in [6.07, 6.45) is 1.98. The van der Waals surface area contributed by atoms with Crippen molar-refractivity contribution in [3.8, 4) is 0 Å². The molecule has 2 aliphatic heterocycles. The molecule has 1 atom stereocenters. The highest BCUT2D eigenvalue weighted by Gasteiger charge is 2.43. The molecule has 0 aliphatic carbocycles. The zero-order chi connectivity index (χ0) is 20.8. The molecule has 2 aromatic carbocycles. The number of aromatic amines is 1. The van der Waals surface area contributed by atoms with Gasteiger partial charge >= 0.3 is 0 Å². The summed E-state index contributed by atoms with van der Waals surface area (Å²) in [5.41, 5.74) is 2.49. The molecule has 2 aliphatic rings. The lowest BCUT2D eigenvalue weighted by atomic mass is 9.95. The first-order valence-corrected chi connectivity index (χ1v) is 10.8. The zero-order valence-electron chi connectivity index (χ0n) is 16.1. The largest absolute Gasteiger partial charge is 0.342 e. The van der Waals surface area contributed by atoms with E-state index in [0.29, 0.717) is 21.7 Å². The van der Waals surface area contributed by atoms with Crippen molar-refractivity contribution in [2.24, 2.45) is 0 Å². The Morgan fingerprint density at radius 2 is 1.77 bits per heavy atom. The van der Waals surface area contributed by atoms with E-state index in [9.17, 15) is 9.59 Å². The fourth-order valence-electron chi connectivity index (χ4n) is 4.45. The number of imidazole rings is 1. The van der Waals surface area contributed by atoms with Crippen LogP contribution in [0.3, 0.4) is 0 Å². The van der Waals surface area contributed by atoms with Gasteiger partial charge in [0, 0.05) is 5.92 Å². The van der Waals surface area contributed by atoms with Crippen LogP contribution in [-0.2, 0) is 9.59 Å². The highest BCUT2D eigenvalue weighted by Crippen LogP contribution is 2.34. The number of fused-ring (bicyclic) bond motifs is 1. The van der Waals surface area contributed by atoms with Gasteiger partial charge < -0.3 is 4.98 Å². The number of hydrogen-bond acceptors (Lipinski definition) is 4. The molecule has 6 nitrogen and oxygen atoms in total. The molecular formula is C22H20Cl2N4O2. The Morgan fingerprint density at radius 3 is 2.50 bits per heavy atom. The van der Waals surface area contributed by atoms with Crippen molar-refractivity contribution in [1.82, 2.24) is 14.9 Å². The summed E-state index contributed by atoms with van der Waals surface area (Å²) in [5.74, 6) is 0.928. The van der Waals surface area contributed by atoms with Crippen LogP contribution in [0, 0.1) is 0 Å². The van der Waals surface area contributed by atoms with Gasteiger partial charge in [-0.2, -0.15) is 0 Å². The van der Waals surface area contributed by atoms with E-state index in [-0.39, 0.29) is 18.2 Å². The van der Waals surface area contributed by atoms with Gasteiger partial charge in [-0.25, -0.2) is 9.88 Å². The molecule has 5 rings (SSSR count). The molecule has 3 aromatic rings. The molecule has 2 fully saturated rings. The number of nitrogens with zero attached hydrogens (tertiary/aromatic N) is 3. The second-order valence-electron chi connectivity index (χ2n) is 7.84. The minimum atomic E-state index is -0.427. The fraction of sp³-hybridized carbons (Fsp3) is 0.318. The van der Waals surface area contributed by atoms with E-state index < -0.39 is 6.04 Å². The van der Waals surface area contributed by atoms with Gasteiger partial charge in [-0.1, -0.05) is 35.3 Å². The van der Waals surface area contributed by atoms with Crippen LogP contribution >= 0.6 is 23.2 Å². The third-order valence-corrected chi connectivity index (χ3v) is 6.79. The summed E-state index contributed by atoms with van der Waals surface area (Å²) in [6.45, 7) is 1.50. The molecule has 0 radical (unpaired) electrons. The molecule has 2 saturated heterocycles. The lowest BCUT2D eigenvalue weighted by molar-refractivity contribution is -0.123. The predicted octanol–water partition coefficient (Wildman–Crippen LogP) is 4.38. The van der Waals surface area contributed by atoms with Crippen molar-refractivity contribution in [3.05, 3.63) is 58.3 Å². The average Bonchev–Trinajstić information content (AvgIpc) is 3.31. The Kier molecular flexibility index (Phi) is 5.01. The van der Waals surface area contributed by atoms with E-state index in [4.69, 9.17) is 28.2 Å². The third-order valence-electron chi connectivity index (χ3n) is 6.05. The van der Waals surface area contributed by atoms with E-state index in [0.717, 1.165) is 42.8 Å². The standard InChI is InChI=1S/C22H20Cl2N4O2/c23-15-6-5-14(11-16(15)24)28-20(29)12-19(22(28)30)27-9-7-13(8-10-27)21-25-17-3-1-2-4-18(17)26-21/h1-6,11,13,19H,7-10,12H2,(H,25,26)/t19-/m0/s1. The monoisotopic (exact) mass is 442 g/mol. The number of hydrogen-bond donors (Lipinski definition) is 1. The number of para-hydroxylation sites is 2. The molecule has 8 heteroatoms. The van der Waals surface area contributed by atoms with E-state index in [1.165, 1.54) is 4.90 Å². The minimum Gasteiger partial charge on any atom is -0.342 e. The number of aromatic nitrogens is 2. The lowest BCUT2D eigenvalue weighted by Gasteiger charge is -2.34. The molecule has 1 aromatic heterocycles. The lowest BCUT2D eigenvalue weighted by Crippen LogP contribution is -2.45. The summed E-state index contributed by atoms with van der Waals surface area (Å²) >= 11 is 12.0. The summed E-state index contributed by atoms with van der Waals surface area (Å²) in [6, 6.07) is 12.4. The first kappa shape index (κ1) is 19.5. The molecule has 154 valence electrons. The van der Waals surface area contributed by atoms with Gasteiger partial charge in [-0.05, 0) is 56.3 Å². The molecule has 0 saturated carbocycles. The van der Waals surface area contributed by atoms with Gasteiger partial charge in [0.15, 0.2) is 0 Å². The summed E-state index contributed by atoms with van der Waals surface area (Å²) < 4.78 is 0. The maximum absolute atomic E-state index is 13.0. The second-order valence-corrected chi connectivity index (χ2v) is 8.65. The van der Waals surface area contributed by atoms with Crippen LogP contribution in [0.2, 0.25) is 10.0 Å². The van der Waals surface area contributed by atoms with Gasteiger partial charge in [0.2, 0.25) is 5.91 Å². The Balaban J connectivity index is 1.28. The molecular weight excluding hydrogens is 423 g/mol. The predicted molar refractivity (Wildman–Crippen MR) is 117 cm³/mol. The Hall–Kier alpha value is -2.41. The number of likely N-dealkylation sites (tertiary alicyclic amines) is 1. The van der Waals surface area contributed by atoms with Crippen molar-refractivity contribution < 1.29 is 9.59 Å². The second kappa shape index (κ2) is 7.69. The van der Waals surface area contributed by atoms with Crippen LogP contribution in [0.5, 0.6) is 0 Å². The SMILES string of the molecule is O=C1C[C@H](N2CCC(c3nc4ccccc4[nH]3)CC2)C(=O)N1c1ccc(Cl)c(Cl)c1. The Labute approximate surface area is 183 Å². The first-order valence-electron chi connectivity index (χ1n) is 10.0. The number of carbonyl (C=O) groups excluding carboxylic acids is 2. The highest BCUT2D eigenvalue weighted by atomic mass is 35.5. The van der Waals surface area contributed by atoms with Crippen molar-refractivity contribution in [1.29, 1.82) is 0 Å². The van der Waals surface area contributed by atoms with Crippen LogP contribution in [0.1, 0.15) is 31.0 Å². The molecule has 2 amide bonds. The molecule has 0 unspecified atom stereocenters. The van der Waals surface area contributed by atoms with E-state index in [1.54, 1.807) is 18.2 Å². The van der Waals surface area contributed by atoms with E-state index in [1.807, 2.05) is 24.3 Å². The molecule has 0 spiro atoms. The number of halogens is 2. The van der Waals surface area contributed by atoms with Crippen LogP contribution in [-0.4, -0.2) is 45.8 Å². The molecule has 3 heterocycles. The number of nitrogens with one attached hydrogen (secondary N) is 1. The van der Waals surface area contributed by atoms with E-state index >= 15 is 0 Å². The van der Waals surface area contributed by atoms with E-state index in [2.05, 4.69) is 9.88 Å². The number of rotatable bonds is 3. The molecule has 0 bridgehead atoms. The van der Waals surface area contributed by atoms with Crippen molar-refractivity contribution >= 4 is 51.7 Å². The van der Waals surface area contributed by atoms with Crippen LogP contribution in [0.15, 0.2) is 42.5 Å². The Bertz CT molecular complexity index is 1100. The maximum Gasteiger partial charge on any atom is 0.251 e. The quantitative estimate of drug-likeness (QED) is 0.610. The normalized spacial score (nSPS) is 21.1. The first-order chi connectivity index (χ1) is 14.5. The van der Waals surface area contributed by atoms with Crippen molar-refractivity contribution in [3.63, 3.8) is 0 Å². The average molecular weight is 443 g/mol. The topological polar surface area (TPSA) is 69.3 Å². The number of H-pyrrole nitrogens is 1. The van der Waals surface area contributed by atoms with Crippen molar-refractivity contribution in [2.45, 2.75) is 31.2 Å². The van der Waals surface area contributed by atoms with Crippen LogP contribution in [0.4, 0.5) is 5.69 Å². The summed E-state index contributed by atoms with van der Waals surface area (Å²) in [7, 11) is 0. The summed E-state index contributed by atoms with van der Waals surface area (Å²) in [5, 5.41) is 0.716. The number of carbonyl (C=O) groups is 2. The molecule has 30 heavy (non-hydrogen) atoms. The zero-order valence-corrected chi connectivity index (χ0v) is 17.7. The number of amides is 2. The number of benzene rings is 2. The van der Waals surface area contributed by atoms with Gasteiger partial charge in [0.05, 0.1) is 39.2 Å². The highest BCUT2D eigenvalue weighted by molar-refractivity contribution is 6.42. The van der Waals surface area contributed by atoms with Crippen LogP contribution < -0.4 is 4.90 Å². The minimum absolute atomic E-state index is 0.189. The van der Waals surface area contributed by atoms with Gasteiger partial charge in [-0.15, -0.1) is 0 Å². The molecule has 1 N–H and O–H groups in total. The van der Waals surface area contributed by atoms with Gasteiger partial charge in [-0.3, -0.25) is 14.5 Å². The van der Waals surface area contributed by atoms with Crippen LogP contribution in [0.25, 0.3) is 11.0 Å². The smallest absolute Gasteiger partial charge is 0.251 e.